The maximum atomic E-state index is 12.8. The molecule has 1 unspecified atom stereocenters. The number of carbonyl (C=O) groups excluding carboxylic acids is 1. The van der Waals surface area contributed by atoms with E-state index in [2.05, 4.69) is 19.2 Å². The van der Waals surface area contributed by atoms with Crippen LogP contribution in [0.2, 0.25) is 0 Å². The summed E-state index contributed by atoms with van der Waals surface area (Å²) in [5.74, 6) is 1.51. The molecule has 0 fully saturated rings. The number of amides is 1. The first kappa shape index (κ1) is 32.3. The van der Waals surface area contributed by atoms with Crippen LogP contribution in [0, 0.1) is 5.92 Å². The Balaban J connectivity index is 0. The summed E-state index contributed by atoms with van der Waals surface area (Å²) in [5, 5.41) is 3.12. The van der Waals surface area contributed by atoms with Crippen LogP contribution in [0.1, 0.15) is 100.0 Å². The van der Waals surface area contributed by atoms with Crippen molar-refractivity contribution >= 4 is 11.8 Å². The standard InChI is InChI=1S/C23H40N2O3.2C2H6/c1-8-11-18(9-2)12-10-15-25(22(26)28-23(3,4)5)17-19-13-14-20(24-6)16-21(19)27-7;2*1-2/h13-14,16,18,24H,8-12,15,17H2,1-7H3;2*1-2H3. The molecule has 1 rings (SSSR count). The fourth-order valence-electron chi connectivity index (χ4n) is 3.33. The van der Waals surface area contributed by atoms with Crippen LogP contribution in [-0.4, -0.2) is 37.3 Å². The minimum absolute atomic E-state index is 0.268. The summed E-state index contributed by atoms with van der Waals surface area (Å²) in [7, 11) is 3.54. The minimum Gasteiger partial charge on any atom is -0.496 e. The van der Waals surface area contributed by atoms with Crippen LogP contribution in [0.25, 0.3) is 0 Å². The monoisotopic (exact) mass is 452 g/mol. The van der Waals surface area contributed by atoms with E-state index < -0.39 is 5.60 Å². The molecule has 188 valence electrons. The van der Waals surface area contributed by atoms with E-state index >= 15 is 0 Å². The predicted molar refractivity (Wildman–Crippen MR) is 140 cm³/mol. The van der Waals surface area contributed by atoms with Gasteiger partial charge in [0, 0.05) is 30.9 Å². The molecule has 0 aromatic heterocycles. The summed E-state index contributed by atoms with van der Waals surface area (Å²) in [6.07, 6.45) is 5.51. The molecule has 1 aromatic carbocycles. The molecular weight excluding hydrogens is 400 g/mol. The lowest BCUT2D eigenvalue weighted by atomic mass is 9.95. The second-order valence-electron chi connectivity index (χ2n) is 8.38. The van der Waals surface area contributed by atoms with Crippen molar-refractivity contribution in [1.82, 2.24) is 4.90 Å². The Kier molecular flexibility index (Phi) is 18.8. The van der Waals surface area contributed by atoms with E-state index in [-0.39, 0.29) is 6.09 Å². The van der Waals surface area contributed by atoms with Gasteiger partial charge in [0.25, 0.3) is 0 Å². The molecule has 1 aromatic rings. The third kappa shape index (κ3) is 13.5. The second kappa shape index (κ2) is 18.6. The van der Waals surface area contributed by atoms with Crippen molar-refractivity contribution in [2.45, 2.75) is 107 Å². The molecule has 0 radical (unpaired) electrons. The largest absolute Gasteiger partial charge is 0.496 e. The molecule has 1 N–H and O–H groups in total. The Bertz CT molecular complexity index is 597. The van der Waals surface area contributed by atoms with E-state index in [1.165, 1.54) is 19.3 Å². The summed E-state index contributed by atoms with van der Waals surface area (Å²) in [6, 6.07) is 5.96. The van der Waals surface area contributed by atoms with Crippen molar-refractivity contribution in [3.63, 3.8) is 0 Å². The molecule has 0 aliphatic carbocycles. The van der Waals surface area contributed by atoms with E-state index in [0.717, 1.165) is 35.8 Å². The Hall–Kier alpha value is -1.91. The molecule has 1 atom stereocenters. The summed E-state index contributed by atoms with van der Waals surface area (Å²) in [6.45, 7) is 19.4. The average Bonchev–Trinajstić information content (AvgIpc) is 2.79. The van der Waals surface area contributed by atoms with E-state index in [9.17, 15) is 4.79 Å². The van der Waals surface area contributed by atoms with Crippen LogP contribution in [-0.2, 0) is 11.3 Å². The van der Waals surface area contributed by atoms with Gasteiger partial charge in [-0.15, -0.1) is 0 Å². The third-order valence-electron chi connectivity index (χ3n) is 4.90. The number of hydrogen-bond donors (Lipinski definition) is 1. The smallest absolute Gasteiger partial charge is 0.410 e. The van der Waals surface area contributed by atoms with Crippen LogP contribution < -0.4 is 10.1 Å². The fourth-order valence-corrected chi connectivity index (χ4v) is 3.33. The molecule has 5 heteroatoms. The molecule has 0 aliphatic heterocycles. The topological polar surface area (TPSA) is 50.8 Å². The first-order chi connectivity index (χ1) is 15.2. The lowest BCUT2D eigenvalue weighted by Crippen LogP contribution is -2.37. The number of rotatable bonds is 11. The molecule has 1 amide bonds. The molecule has 0 bridgehead atoms. The van der Waals surface area contributed by atoms with Gasteiger partial charge in [-0.05, 0) is 45.6 Å². The summed E-state index contributed by atoms with van der Waals surface area (Å²) < 4.78 is 11.2. The fraction of sp³-hybridized carbons (Fsp3) is 0.741. The normalized spacial score (nSPS) is 11.2. The van der Waals surface area contributed by atoms with Gasteiger partial charge in [0.05, 0.1) is 13.7 Å². The molecule has 32 heavy (non-hydrogen) atoms. The Labute approximate surface area is 199 Å². The Morgan fingerprint density at radius 1 is 1.09 bits per heavy atom. The van der Waals surface area contributed by atoms with Gasteiger partial charge in [0.2, 0.25) is 0 Å². The van der Waals surface area contributed by atoms with Crippen molar-refractivity contribution in [3.05, 3.63) is 23.8 Å². The Morgan fingerprint density at radius 3 is 2.19 bits per heavy atom. The molecule has 0 spiro atoms. The maximum Gasteiger partial charge on any atom is 0.410 e. The van der Waals surface area contributed by atoms with Crippen LogP contribution in [0.4, 0.5) is 10.5 Å². The first-order valence-electron chi connectivity index (χ1n) is 12.6. The number of carbonyl (C=O) groups is 1. The number of nitrogens with one attached hydrogen (secondary N) is 1. The van der Waals surface area contributed by atoms with Gasteiger partial charge in [0.15, 0.2) is 0 Å². The van der Waals surface area contributed by atoms with Gasteiger partial charge in [-0.1, -0.05) is 66.9 Å². The number of hydrogen-bond acceptors (Lipinski definition) is 4. The minimum atomic E-state index is -0.510. The van der Waals surface area contributed by atoms with Gasteiger partial charge < -0.3 is 19.7 Å². The highest BCUT2D eigenvalue weighted by molar-refractivity contribution is 5.68. The van der Waals surface area contributed by atoms with Crippen LogP contribution >= 0.6 is 0 Å². The highest BCUT2D eigenvalue weighted by atomic mass is 16.6. The SMILES string of the molecule is CC.CC.CCCC(CC)CCCN(Cc1ccc(NC)cc1OC)C(=O)OC(C)(C)C. The number of methoxy groups -OCH3 is 1. The third-order valence-corrected chi connectivity index (χ3v) is 4.90. The summed E-state index contributed by atoms with van der Waals surface area (Å²) in [4.78, 5) is 14.6. The predicted octanol–water partition coefficient (Wildman–Crippen LogP) is 8.13. The van der Waals surface area contributed by atoms with E-state index in [1.807, 2.05) is 73.7 Å². The van der Waals surface area contributed by atoms with Crippen molar-refractivity contribution < 1.29 is 14.3 Å². The van der Waals surface area contributed by atoms with Crippen LogP contribution in [0.3, 0.4) is 0 Å². The highest BCUT2D eigenvalue weighted by Crippen LogP contribution is 2.26. The van der Waals surface area contributed by atoms with Crippen molar-refractivity contribution in [2.75, 3.05) is 26.0 Å². The summed E-state index contributed by atoms with van der Waals surface area (Å²) >= 11 is 0. The number of ether oxygens (including phenoxy) is 2. The van der Waals surface area contributed by atoms with Crippen molar-refractivity contribution in [3.8, 4) is 5.75 Å². The van der Waals surface area contributed by atoms with E-state index in [0.29, 0.717) is 13.1 Å². The van der Waals surface area contributed by atoms with E-state index in [4.69, 9.17) is 9.47 Å². The molecule has 5 nitrogen and oxygen atoms in total. The molecule has 0 heterocycles. The quantitative estimate of drug-likeness (QED) is 0.368. The van der Waals surface area contributed by atoms with Gasteiger partial charge in [-0.2, -0.15) is 0 Å². The highest BCUT2D eigenvalue weighted by Gasteiger charge is 2.23. The van der Waals surface area contributed by atoms with Gasteiger partial charge in [0.1, 0.15) is 11.4 Å². The molecule has 0 aliphatic rings. The first-order valence-corrected chi connectivity index (χ1v) is 12.6. The van der Waals surface area contributed by atoms with Gasteiger partial charge in [-0.3, -0.25) is 0 Å². The molecule has 0 saturated heterocycles. The Morgan fingerprint density at radius 2 is 1.72 bits per heavy atom. The van der Waals surface area contributed by atoms with Gasteiger partial charge in [-0.25, -0.2) is 4.79 Å². The number of nitrogens with zero attached hydrogens (tertiary/aromatic N) is 1. The van der Waals surface area contributed by atoms with Crippen LogP contribution in [0.5, 0.6) is 5.75 Å². The molecular formula is C27H52N2O3. The molecule has 0 saturated carbocycles. The zero-order valence-electron chi connectivity index (χ0n) is 22.9. The maximum absolute atomic E-state index is 12.8. The zero-order valence-corrected chi connectivity index (χ0v) is 22.9. The van der Waals surface area contributed by atoms with Crippen LogP contribution in [0.15, 0.2) is 18.2 Å². The lowest BCUT2D eigenvalue weighted by Gasteiger charge is -2.28. The lowest BCUT2D eigenvalue weighted by molar-refractivity contribution is 0.0227. The zero-order chi connectivity index (χ0) is 25.2. The van der Waals surface area contributed by atoms with Crippen molar-refractivity contribution in [2.24, 2.45) is 5.92 Å². The second-order valence-corrected chi connectivity index (χ2v) is 8.38. The van der Waals surface area contributed by atoms with Gasteiger partial charge >= 0.3 is 6.09 Å². The number of anilines is 1. The van der Waals surface area contributed by atoms with Crippen molar-refractivity contribution in [1.29, 1.82) is 0 Å². The van der Waals surface area contributed by atoms with E-state index in [1.54, 1.807) is 12.0 Å². The number of benzene rings is 1. The summed E-state index contributed by atoms with van der Waals surface area (Å²) in [5.41, 5.74) is 1.45. The average molecular weight is 453 g/mol.